The molecule has 0 atom stereocenters. The minimum absolute atomic E-state index is 0. The van der Waals surface area contributed by atoms with Crippen molar-refractivity contribution in [3.63, 3.8) is 0 Å². The topological polar surface area (TPSA) is 38.0 Å². The average Bonchev–Trinajstić information content (AvgIpc) is 1.68. The molecule has 2 nitrogen and oxygen atoms in total. The second-order valence-corrected chi connectivity index (χ2v) is 1.57. The van der Waals surface area contributed by atoms with Crippen LogP contribution in [0.1, 0.15) is 13.3 Å². The van der Waals surface area contributed by atoms with E-state index < -0.39 is 0 Å². The zero-order valence-corrected chi connectivity index (χ0v) is 8.41. The van der Waals surface area contributed by atoms with Gasteiger partial charge in [0.2, 0.25) is 0 Å². The molecule has 0 aromatic carbocycles. The smallest absolute Gasteiger partial charge is 0 e. The molecular formula is C5H13N2Y-. The molecule has 0 unspecified atom stereocenters. The van der Waals surface area contributed by atoms with Crippen LogP contribution < -0.4 is 11.1 Å². The molecule has 8 heavy (non-hydrogen) atoms. The Bertz CT molecular complexity index is 41.4. The fourth-order valence-electron chi connectivity index (χ4n) is 0.342. The van der Waals surface area contributed by atoms with Gasteiger partial charge in [-0.05, 0) is 13.6 Å². The van der Waals surface area contributed by atoms with E-state index >= 15 is 0 Å². The third-order valence-electron chi connectivity index (χ3n) is 0.946. The van der Waals surface area contributed by atoms with Crippen LogP contribution in [-0.4, -0.2) is 13.6 Å². The summed E-state index contributed by atoms with van der Waals surface area (Å²) in [6.45, 7) is 2.78. The average molecular weight is 190 g/mol. The summed E-state index contributed by atoms with van der Waals surface area (Å²) in [6.07, 6.45) is 0.983. The van der Waals surface area contributed by atoms with Gasteiger partial charge in [0.25, 0.3) is 0 Å². The SMILES string of the molecule is CN[C-](C)CCN.[Y]. The quantitative estimate of drug-likeness (QED) is 0.619. The van der Waals surface area contributed by atoms with Crippen molar-refractivity contribution in [1.82, 2.24) is 5.32 Å². The minimum atomic E-state index is 0. The fraction of sp³-hybridized carbons (Fsp3) is 0.800. The Morgan fingerprint density at radius 1 is 1.62 bits per heavy atom. The second-order valence-electron chi connectivity index (χ2n) is 1.57. The van der Waals surface area contributed by atoms with Crippen LogP contribution in [0.3, 0.4) is 0 Å². The van der Waals surface area contributed by atoms with Crippen LogP contribution >= 0.6 is 0 Å². The molecule has 0 rings (SSSR count). The van der Waals surface area contributed by atoms with E-state index in [2.05, 4.69) is 5.32 Å². The summed E-state index contributed by atoms with van der Waals surface area (Å²) in [4.78, 5) is 0. The minimum Gasteiger partial charge on any atom is -0.470 e. The monoisotopic (exact) mass is 190 g/mol. The predicted molar refractivity (Wildman–Crippen MR) is 31.6 cm³/mol. The van der Waals surface area contributed by atoms with Gasteiger partial charge in [0.15, 0.2) is 0 Å². The van der Waals surface area contributed by atoms with Crippen LogP contribution in [0.2, 0.25) is 0 Å². The Balaban J connectivity index is 0. The van der Waals surface area contributed by atoms with Gasteiger partial charge in [0.1, 0.15) is 0 Å². The molecule has 0 aliphatic rings. The van der Waals surface area contributed by atoms with Gasteiger partial charge in [-0.25, -0.2) is 0 Å². The number of nitrogens with one attached hydrogen (secondary N) is 1. The summed E-state index contributed by atoms with van der Waals surface area (Å²) in [5.74, 6) is 0. The largest absolute Gasteiger partial charge is 0.470 e. The van der Waals surface area contributed by atoms with Crippen LogP contribution in [0, 0.1) is 6.04 Å². The summed E-state index contributed by atoms with van der Waals surface area (Å²) < 4.78 is 0. The zero-order chi connectivity index (χ0) is 5.70. The molecule has 0 aromatic heterocycles. The van der Waals surface area contributed by atoms with E-state index in [-0.39, 0.29) is 32.7 Å². The molecule has 0 spiro atoms. The first-order valence-corrected chi connectivity index (χ1v) is 2.51. The molecule has 0 aromatic rings. The molecule has 0 aliphatic carbocycles. The van der Waals surface area contributed by atoms with Crippen molar-refractivity contribution < 1.29 is 32.7 Å². The van der Waals surface area contributed by atoms with Crippen molar-refractivity contribution in [2.24, 2.45) is 5.73 Å². The maximum Gasteiger partial charge on any atom is 0 e. The van der Waals surface area contributed by atoms with E-state index in [4.69, 9.17) is 5.73 Å². The molecule has 3 heteroatoms. The number of rotatable bonds is 3. The molecule has 0 saturated heterocycles. The summed E-state index contributed by atoms with van der Waals surface area (Å²) in [6, 6.07) is 1.25. The normalized spacial score (nSPS) is 9.00. The first-order valence-electron chi connectivity index (χ1n) is 2.51. The molecule has 0 amide bonds. The van der Waals surface area contributed by atoms with Gasteiger partial charge >= 0.3 is 0 Å². The predicted octanol–water partition coefficient (Wildman–Crippen LogP) is 0.104. The molecule has 1 radical (unpaired) electrons. The van der Waals surface area contributed by atoms with Gasteiger partial charge in [0, 0.05) is 32.7 Å². The summed E-state index contributed by atoms with van der Waals surface area (Å²) in [5.41, 5.74) is 5.24. The van der Waals surface area contributed by atoms with Gasteiger partial charge in [-0.3, -0.25) is 6.04 Å². The summed E-state index contributed by atoms with van der Waals surface area (Å²) in [5, 5.41) is 3.00. The summed E-state index contributed by atoms with van der Waals surface area (Å²) in [7, 11) is 1.91. The van der Waals surface area contributed by atoms with Crippen molar-refractivity contribution in [3.05, 3.63) is 6.04 Å². The van der Waals surface area contributed by atoms with E-state index in [1.807, 2.05) is 14.0 Å². The maximum absolute atomic E-state index is 5.24. The summed E-state index contributed by atoms with van der Waals surface area (Å²) >= 11 is 0. The Morgan fingerprint density at radius 2 is 2.12 bits per heavy atom. The van der Waals surface area contributed by atoms with Gasteiger partial charge in [-0.15, -0.1) is 0 Å². The fourth-order valence-corrected chi connectivity index (χ4v) is 0.342. The van der Waals surface area contributed by atoms with E-state index in [1.165, 1.54) is 6.04 Å². The van der Waals surface area contributed by atoms with Crippen LogP contribution in [0.25, 0.3) is 0 Å². The molecule has 47 valence electrons. The van der Waals surface area contributed by atoms with Crippen LogP contribution in [0.15, 0.2) is 0 Å². The first kappa shape index (κ1) is 11.8. The Kier molecular flexibility index (Phi) is 11.8. The van der Waals surface area contributed by atoms with Crippen molar-refractivity contribution in [2.75, 3.05) is 13.6 Å². The zero-order valence-electron chi connectivity index (χ0n) is 5.57. The Labute approximate surface area is 76.5 Å². The first-order chi connectivity index (χ1) is 3.31. The van der Waals surface area contributed by atoms with Gasteiger partial charge in [-0.1, -0.05) is 0 Å². The van der Waals surface area contributed by atoms with Gasteiger partial charge < -0.3 is 11.1 Å². The third kappa shape index (κ3) is 7.02. The van der Waals surface area contributed by atoms with E-state index in [1.54, 1.807) is 0 Å². The Morgan fingerprint density at radius 3 is 2.25 bits per heavy atom. The van der Waals surface area contributed by atoms with Crippen LogP contribution in [0.5, 0.6) is 0 Å². The Hall–Kier alpha value is 1.02. The van der Waals surface area contributed by atoms with Crippen LogP contribution in [-0.2, 0) is 32.7 Å². The standard InChI is InChI=1S/C5H13N2.Y/c1-5(7-2)3-4-6;/h7H,3-4,6H2,1-2H3;/q-1;. The molecular weight excluding hydrogens is 177 g/mol. The second kappa shape index (κ2) is 8.02. The van der Waals surface area contributed by atoms with Gasteiger partial charge in [0.05, 0.1) is 0 Å². The third-order valence-corrected chi connectivity index (χ3v) is 0.946. The van der Waals surface area contributed by atoms with E-state index in [0.29, 0.717) is 0 Å². The molecule has 0 bridgehead atoms. The van der Waals surface area contributed by atoms with Crippen molar-refractivity contribution in [1.29, 1.82) is 0 Å². The molecule has 0 aliphatic heterocycles. The van der Waals surface area contributed by atoms with E-state index in [0.717, 1.165) is 13.0 Å². The van der Waals surface area contributed by atoms with Crippen molar-refractivity contribution >= 4 is 0 Å². The van der Waals surface area contributed by atoms with Crippen molar-refractivity contribution in [2.45, 2.75) is 13.3 Å². The molecule has 0 fully saturated rings. The maximum atomic E-state index is 5.24. The molecule has 0 saturated carbocycles. The van der Waals surface area contributed by atoms with Crippen LogP contribution in [0.4, 0.5) is 0 Å². The van der Waals surface area contributed by atoms with Gasteiger partial charge in [-0.2, -0.15) is 13.3 Å². The van der Waals surface area contributed by atoms with E-state index in [9.17, 15) is 0 Å². The van der Waals surface area contributed by atoms with Crippen molar-refractivity contribution in [3.8, 4) is 0 Å². The molecule has 0 heterocycles. The molecule has 3 N–H and O–H groups in total. The number of hydrogen-bond acceptors (Lipinski definition) is 2. The number of hydrogen-bond donors (Lipinski definition) is 2. The number of nitrogens with two attached hydrogens (primary N) is 1.